The van der Waals surface area contributed by atoms with Gasteiger partial charge in [-0.25, -0.2) is 9.97 Å². The highest BCUT2D eigenvalue weighted by molar-refractivity contribution is 7.18. The molecule has 0 radical (unpaired) electrons. The molecule has 2 aromatic heterocycles. The first-order chi connectivity index (χ1) is 14.1. The third-order valence-corrected chi connectivity index (χ3v) is 6.54. The zero-order valence-electron chi connectivity index (χ0n) is 15.6. The number of hydrogen-bond donors (Lipinski definition) is 2. The quantitative estimate of drug-likeness (QED) is 0.474. The fourth-order valence-corrected chi connectivity index (χ4v) is 4.74. The van der Waals surface area contributed by atoms with Crippen LogP contribution in [-0.2, 0) is 11.2 Å². The molecule has 0 saturated heterocycles. The third kappa shape index (κ3) is 4.49. The van der Waals surface area contributed by atoms with Crippen molar-refractivity contribution in [2.45, 2.75) is 19.8 Å². The number of aromatic nitrogens is 2. The molecular formula is C21H18N4O2S2. The largest absolute Gasteiger partial charge is 0.281 e. The van der Waals surface area contributed by atoms with E-state index in [1.807, 2.05) is 54.6 Å². The van der Waals surface area contributed by atoms with Crippen LogP contribution in [0.15, 0.2) is 54.6 Å². The maximum Gasteiger partial charge on any atom is 0.281 e. The molecule has 0 atom stereocenters. The SMILES string of the molecule is Cc1nc(-c2ccccc2)sc1C(=O)NNC(=O)CCc1nc2ccccc2s1. The fraction of sp³-hybridized carbons (Fsp3) is 0.143. The van der Waals surface area contributed by atoms with Crippen LogP contribution < -0.4 is 10.9 Å². The summed E-state index contributed by atoms with van der Waals surface area (Å²) in [5, 5.41) is 1.67. The predicted octanol–water partition coefficient (Wildman–Crippen LogP) is 4.12. The van der Waals surface area contributed by atoms with Crippen molar-refractivity contribution in [2.75, 3.05) is 0 Å². The number of rotatable bonds is 5. The molecule has 0 bridgehead atoms. The number of para-hydroxylation sites is 1. The molecule has 2 aromatic carbocycles. The van der Waals surface area contributed by atoms with Crippen molar-refractivity contribution < 1.29 is 9.59 Å². The highest BCUT2D eigenvalue weighted by Crippen LogP contribution is 2.27. The Morgan fingerprint density at radius 3 is 2.48 bits per heavy atom. The van der Waals surface area contributed by atoms with Crippen LogP contribution in [0.1, 0.15) is 26.8 Å². The number of thiazole rings is 2. The van der Waals surface area contributed by atoms with Gasteiger partial charge in [0.05, 0.1) is 20.9 Å². The number of benzene rings is 2. The number of hydrazine groups is 1. The summed E-state index contributed by atoms with van der Waals surface area (Å²) < 4.78 is 1.10. The summed E-state index contributed by atoms with van der Waals surface area (Å²) in [7, 11) is 0. The molecule has 6 nitrogen and oxygen atoms in total. The fourth-order valence-electron chi connectivity index (χ4n) is 2.80. The molecule has 146 valence electrons. The average Bonchev–Trinajstić information content (AvgIpc) is 3.34. The van der Waals surface area contributed by atoms with Crippen molar-refractivity contribution in [1.82, 2.24) is 20.8 Å². The van der Waals surface area contributed by atoms with Gasteiger partial charge in [-0.05, 0) is 19.1 Å². The van der Waals surface area contributed by atoms with E-state index in [2.05, 4.69) is 20.8 Å². The van der Waals surface area contributed by atoms with Crippen LogP contribution in [0.2, 0.25) is 0 Å². The summed E-state index contributed by atoms with van der Waals surface area (Å²) in [6.07, 6.45) is 0.774. The van der Waals surface area contributed by atoms with Gasteiger partial charge in [0.1, 0.15) is 9.88 Å². The highest BCUT2D eigenvalue weighted by Gasteiger charge is 2.17. The minimum Gasteiger partial charge on any atom is -0.273 e. The number of nitrogens with zero attached hydrogens (tertiary/aromatic N) is 2. The van der Waals surface area contributed by atoms with E-state index in [-0.39, 0.29) is 18.2 Å². The average molecular weight is 423 g/mol. The zero-order chi connectivity index (χ0) is 20.2. The van der Waals surface area contributed by atoms with Crippen molar-refractivity contribution in [3.8, 4) is 10.6 Å². The number of nitrogens with one attached hydrogen (secondary N) is 2. The Hall–Kier alpha value is -3.10. The monoisotopic (exact) mass is 422 g/mol. The Balaban J connectivity index is 1.32. The lowest BCUT2D eigenvalue weighted by Gasteiger charge is -2.05. The lowest BCUT2D eigenvalue weighted by molar-refractivity contribution is -0.121. The molecule has 0 spiro atoms. The normalized spacial score (nSPS) is 10.8. The molecule has 4 aromatic rings. The van der Waals surface area contributed by atoms with Gasteiger partial charge >= 0.3 is 0 Å². The van der Waals surface area contributed by atoms with Gasteiger partial charge in [-0.15, -0.1) is 22.7 Å². The van der Waals surface area contributed by atoms with Crippen LogP contribution in [0.3, 0.4) is 0 Å². The molecular weight excluding hydrogens is 404 g/mol. The zero-order valence-corrected chi connectivity index (χ0v) is 17.3. The maximum absolute atomic E-state index is 12.4. The topological polar surface area (TPSA) is 84.0 Å². The standard InChI is InChI=1S/C21H18N4O2S2/c1-13-19(29-21(22-13)14-7-3-2-4-8-14)20(27)25-24-17(26)11-12-18-23-15-9-5-6-10-16(15)28-18/h2-10H,11-12H2,1H3,(H,24,26)(H,25,27). The molecule has 0 aliphatic heterocycles. The number of carbonyl (C=O) groups is 2. The molecule has 0 fully saturated rings. The Morgan fingerprint density at radius 1 is 0.931 bits per heavy atom. The molecule has 4 rings (SSSR count). The molecule has 0 aliphatic rings. The van der Waals surface area contributed by atoms with Crippen molar-refractivity contribution in [1.29, 1.82) is 0 Å². The van der Waals surface area contributed by atoms with E-state index in [9.17, 15) is 9.59 Å². The van der Waals surface area contributed by atoms with E-state index in [0.29, 0.717) is 17.0 Å². The number of fused-ring (bicyclic) bond motifs is 1. The van der Waals surface area contributed by atoms with Crippen LogP contribution in [0.25, 0.3) is 20.8 Å². The highest BCUT2D eigenvalue weighted by atomic mass is 32.1. The third-order valence-electron chi connectivity index (χ3n) is 4.24. The smallest absolute Gasteiger partial charge is 0.273 e. The lowest BCUT2D eigenvalue weighted by atomic mass is 10.2. The number of aryl methyl sites for hydroxylation is 2. The van der Waals surface area contributed by atoms with Gasteiger partial charge in [-0.3, -0.25) is 20.4 Å². The van der Waals surface area contributed by atoms with Gasteiger partial charge in [-0.1, -0.05) is 42.5 Å². The van der Waals surface area contributed by atoms with Crippen molar-refractivity contribution in [3.05, 3.63) is 70.2 Å². The molecule has 2 amide bonds. The molecule has 0 saturated carbocycles. The number of amides is 2. The van der Waals surface area contributed by atoms with Crippen molar-refractivity contribution in [2.24, 2.45) is 0 Å². The second-order valence-electron chi connectivity index (χ2n) is 6.38. The van der Waals surface area contributed by atoms with Gasteiger partial charge in [0.15, 0.2) is 0 Å². The number of carbonyl (C=O) groups excluding carboxylic acids is 2. The summed E-state index contributed by atoms with van der Waals surface area (Å²) in [4.78, 5) is 34.0. The first-order valence-corrected chi connectivity index (χ1v) is 10.7. The molecule has 8 heteroatoms. The minimum absolute atomic E-state index is 0.247. The van der Waals surface area contributed by atoms with E-state index in [1.165, 1.54) is 11.3 Å². The Kier molecular flexibility index (Phi) is 5.64. The van der Waals surface area contributed by atoms with E-state index in [0.717, 1.165) is 25.8 Å². The first-order valence-electron chi connectivity index (χ1n) is 9.06. The predicted molar refractivity (Wildman–Crippen MR) is 116 cm³/mol. The number of hydrogen-bond acceptors (Lipinski definition) is 6. The van der Waals surface area contributed by atoms with E-state index >= 15 is 0 Å². The second-order valence-corrected chi connectivity index (χ2v) is 8.49. The van der Waals surface area contributed by atoms with Gasteiger partial charge in [0.2, 0.25) is 5.91 Å². The van der Waals surface area contributed by atoms with E-state index < -0.39 is 0 Å². The summed E-state index contributed by atoms with van der Waals surface area (Å²) in [6, 6.07) is 17.6. The minimum atomic E-state index is -0.365. The molecule has 0 aliphatic carbocycles. The lowest BCUT2D eigenvalue weighted by Crippen LogP contribution is -2.41. The first kappa shape index (κ1) is 19.2. The van der Waals surface area contributed by atoms with E-state index in [4.69, 9.17) is 0 Å². The van der Waals surface area contributed by atoms with Crippen LogP contribution in [0.4, 0.5) is 0 Å². The summed E-state index contributed by atoms with van der Waals surface area (Å²) in [5.41, 5.74) is 7.49. The van der Waals surface area contributed by atoms with Crippen LogP contribution in [0.5, 0.6) is 0 Å². The molecule has 29 heavy (non-hydrogen) atoms. The van der Waals surface area contributed by atoms with Gasteiger partial charge < -0.3 is 0 Å². The second kappa shape index (κ2) is 8.50. The maximum atomic E-state index is 12.4. The van der Waals surface area contributed by atoms with Crippen molar-refractivity contribution in [3.63, 3.8) is 0 Å². The van der Waals surface area contributed by atoms with Crippen LogP contribution in [0, 0.1) is 6.92 Å². The Morgan fingerprint density at radius 2 is 1.69 bits per heavy atom. The van der Waals surface area contributed by atoms with Crippen LogP contribution >= 0.6 is 22.7 Å². The molecule has 0 unspecified atom stereocenters. The van der Waals surface area contributed by atoms with Gasteiger partial charge in [0, 0.05) is 18.4 Å². The Labute approximate surface area is 175 Å². The molecule has 2 heterocycles. The summed E-state index contributed by atoms with van der Waals surface area (Å²) in [6.45, 7) is 1.78. The van der Waals surface area contributed by atoms with E-state index in [1.54, 1.807) is 18.3 Å². The summed E-state index contributed by atoms with van der Waals surface area (Å²) in [5.74, 6) is -0.626. The Bertz CT molecular complexity index is 1130. The van der Waals surface area contributed by atoms with Gasteiger partial charge in [-0.2, -0.15) is 0 Å². The van der Waals surface area contributed by atoms with Crippen molar-refractivity contribution >= 4 is 44.7 Å². The van der Waals surface area contributed by atoms with Gasteiger partial charge in [0.25, 0.3) is 5.91 Å². The summed E-state index contributed by atoms with van der Waals surface area (Å²) >= 11 is 2.88. The molecule has 2 N–H and O–H groups in total. The van der Waals surface area contributed by atoms with Crippen LogP contribution in [-0.4, -0.2) is 21.8 Å².